The molecule has 1 saturated heterocycles. The van der Waals surface area contributed by atoms with Crippen molar-refractivity contribution in [1.29, 1.82) is 0 Å². The molecule has 0 saturated carbocycles. The van der Waals surface area contributed by atoms with Gasteiger partial charge in [-0.2, -0.15) is 0 Å². The van der Waals surface area contributed by atoms with Gasteiger partial charge in [0.15, 0.2) is 0 Å². The van der Waals surface area contributed by atoms with Crippen molar-refractivity contribution in [3.63, 3.8) is 0 Å². The van der Waals surface area contributed by atoms with Crippen LogP contribution in [0.2, 0.25) is 0 Å². The van der Waals surface area contributed by atoms with E-state index in [1.165, 1.54) is 12.1 Å². The van der Waals surface area contributed by atoms with E-state index < -0.39 is 28.1 Å². The van der Waals surface area contributed by atoms with E-state index in [4.69, 9.17) is 4.74 Å². The van der Waals surface area contributed by atoms with Crippen LogP contribution >= 0.6 is 0 Å². The molecule has 1 aliphatic heterocycles. The lowest BCUT2D eigenvalue weighted by molar-refractivity contribution is -0.123. The number of benzene rings is 1. The summed E-state index contributed by atoms with van der Waals surface area (Å²) in [7, 11) is -3.36. The SMILES string of the molecule is CCCCS(=O)(=O)Nc1ccc(C2OC(=O)NC2=O)cc1. The second-order valence-corrected chi connectivity index (χ2v) is 6.51. The zero-order valence-electron chi connectivity index (χ0n) is 11.5. The largest absolute Gasteiger partial charge is 0.431 e. The number of hydrogen-bond acceptors (Lipinski definition) is 5. The van der Waals surface area contributed by atoms with Crippen LogP contribution in [0.5, 0.6) is 0 Å². The van der Waals surface area contributed by atoms with Gasteiger partial charge >= 0.3 is 6.09 Å². The number of rotatable bonds is 6. The number of ether oxygens (including phenoxy) is 1. The zero-order valence-corrected chi connectivity index (χ0v) is 12.3. The second-order valence-electron chi connectivity index (χ2n) is 4.67. The number of nitrogens with one attached hydrogen (secondary N) is 2. The molecule has 21 heavy (non-hydrogen) atoms. The Morgan fingerprint density at radius 3 is 2.43 bits per heavy atom. The Labute approximate surface area is 122 Å². The number of hydrogen-bond donors (Lipinski definition) is 2. The van der Waals surface area contributed by atoms with Crippen LogP contribution in [0.4, 0.5) is 10.5 Å². The zero-order chi connectivity index (χ0) is 15.5. The highest BCUT2D eigenvalue weighted by molar-refractivity contribution is 7.92. The summed E-state index contributed by atoms with van der Waals surface area (Å²) in [5.74, 6) is -0.468. The highest BCUT2D eigenvalue weighted by Gasteiger charge is 2.33. The number of unbranched alkanes of at least 4 members (excludes halogenated alkanes) is 1. The summed E-state index contributed by atoms with van der Waals surface area (Å²) in [6.45, 7) is 1.91. The van der Waals surface area contributed by atoms with Crippen molar-refractivity contribution in [2.45, 2.75) is 25.9 Å². The van der Waals surface area contributed by atoms with Gasteiger partial charge in [0.1, 0.15) is 0 Å². The highest BCUT2D eigenvalue weighted by atomic mass is 32.2. The maximum Gasteiger partial charge on any atom is 0.415 e. The summed E-state index contributed by atoms with van der Waals surface area (Å²) in [4.78, 5) is 22.4. The lowest BCUT2D eigenvalue weighted by Gasteiger charge is -2.10. The number of amides is 2. The number of carbonyl (C=O) groups is 2. The molecular weight excluding hydrogens is 296 g/mol. The summed E-state index contributed by atoms with van der Waals surface area (Å²) in [5, 5.41) is 2.03. The third-order valence-corrected chi connectivity index (χ3v) is 4.31. The van der Waals surface area contributed by atoms with E-state index in [0.29, 0.717) is 17.7 Å². The molecule has 1 atom stereocenters. The van der Waals surface area contributed by atoms with Crippen molar-refractivity contribution in [1.82, 2.24) is 5.32 Å². The summed E-state index contributed by atoms with van der Waals surface area (Å²) < 4.78 is 30.8. The normalized spacial score (nSPS) is 18.2. The van der Waals surface area contributed by atoms with Crippen LogP contribution < -0.4 is 10.0 Å². The fourth-order valence-corrected chi connectivity index (χ4v) is 3.13. The molecule has 1 fully saturated rings. The van der Waals surface area contributed by atoms with Crippen molar-refractivity contribution < 1.29 is 22.7 Å². The predicted octanol–water partition coefficient (Wildman–Crippen LogP) is 1.54. The molecule has 1 aromatic rings. The Morgan fingerprint density at radius 2 is 1.90 bits per heavy atom. The van der Waals surface area contributed by atoms with E-state index in [0.717, 1.165) is 6.42 Å². The summed E-state index contributed by atoms with van der Waals surface area (Å²) in [5.41, 5.74) is 0.884. The molecule has 0 radical (unpaired) electrons. The molecule has 1 unspecified atom stereocenters. The van der Waals surface area contributed by atoms with Crippen LogP contribution in [0.1, 0.15) is 31.4 Å². The van der Waals surface area contributed by atoms with Crippen molar-refractivity contribution in [3.8, 4) is 0 Å². The fourth-order valence-electron chi connectivity index (χ4n) is 1.87. The lowest BCUT2D eigenvalue weighted by atomic mass is 10.1. The Bertz CT molecular complexity index is 639. The van der Waals surface area contributed by atoms with E-state index in [1.54, 1.807) is 12.1 Å². The Kier molecular flexibility index (Phi) is 4.46. The lowest BCUT2D eigenvalue weighted by Crippen LogP contribution is -2.20. The molecule has 1 heterocycles. The van der Waals surface area contributed by atoms with Crippen molar-refractivity contribution >= 4 is 27.7 Å². The van der Waals surface area contributed by atoms with Gasteiger partial charge in [-0.15, -0.1) is 0 Å². The topological polar surface area (TPSA) is 102 Å². The predicted molar refractivity (Wildman–Crippen MR) is 76.1 cm³/mol. The maximum absolute atomic E-state index is 11.8. The minimum atomic E-state index is -3.36. The molecule has 0 aromatic heterocycles. The van der Waals surface area contributed by atoms with Crippen LogP contribution in [0.25, 0.3) is 0 Å². The molecule has 2 N–H and O–H groups in total. The van der Waals surface area contributed by atoms with E-state index in [-0.39, 0.29) is 5.75 Å². The Morgan fingerprint density at radius 1 is 1.24 bits per heavy atom. The number of sulfonamides is 1. The van der Waals surface area contributed by atoms with Gasteiger partial charge in [-0.1, -0.05) is 25.5 Å². The molecule has 2 amide bonds. The number of alkyl carbamates (subject to hydrolysis) is 1. The van der Waals surface area contributed by atoms with Gasteiger partial charge in [-0.25, -0.2) is 13.2 Å². The van der Waals surface area contributed by atoms with Crippen LogP contribution in [-0.2, 0) is 19.6 Å². The monoisotopic (exact) mass is 312 g/mol. The third-order valence-electron chi connectivity index (χ3n) is 2.94. The molecule has 114 valence electrons. The summed E-state index contributed by atoms with van der Waals surface area (Å²) >= 11 is 0. The average molecular weight is 312 g/mol. The quantitative estimate of drug-likeness (QED) is 0.829. The first-order valence-corrected chi connectivity index (χ1v) is 8.18. The third kappa shape index (κ3) is 3.94. The minimum absolute atomic E-state index is 0.0634. The first kappa shape index (κ1) is 15.3. The van der Waals surface area contributed by atoms with Crippen LogP contribution in [0.3, 0.4) is 0 Å². The average Bonchev–Trinajstić information content (AvgIpc) is 2.76. The fraction of sp³-hybridized carbons (Fsp3) is 0.385. The van der Waals surface area contributed by atoms with Gasteiger partial charge < -0.3 is 4.74 Å². The summed E-state index contributed by atoms with van der Waals surface area (Å²) in [6, 6.07) is 6.14. The second kappa shape index (κ2) is 6.13. The van der Waals surface area contributed by atoms with Gasteiger partial charge in [0.2, 0.25) is 16.1 Å². The summed E-state index contributed by atoms with van der Waals surface area (Å²) in [6.07, 6.45) is -0.384. The van der Waals surface area contributed by atoms with Gasteiger partial charge in [0.25, 0.3) is 5.91 Å². The first-order chi connectivity index (χ1) is 9.91. The molecule has 1 aliphatic rings. The standard InChI is InChI=1S/C13H16N2O5S/c1-2-3-8-21(18,19)15-10-6-4-9(5-7-10)11-12(16)14-13(17)20-11/h4-7,11,15H,2-3,8H2,1H3,(H,14,16,17). The highest BCUT2D eigenvalue weighted by Crippen LogP contribution is 2.23. The van der Waals surface area contributed by atoms with Crippen LogP contribution in [0, 0.1) is 0 Å². The number of cyclic esters (lactones) is 1. The molecule has 8 heteroatoms. The van der Waals surface area contributed by atoms with E-state index in [9.17, 15) is 18.0 Å². The smallest absolute Gasteiger partial charge is 0.415 e. The first-order valence-electron chi connectivity index (χ1n) is 6.53. The number of carbonyl (C=O) groups excluding carboxylic acids is 2. The molecule has 0 spiro atoms. The molecular formula is C13H16N2O5S. The molecule has 0 bridgehead atoms. The number of anilines is 1. The van der Waals surface area contributed by atoms with E-state index in [1.807, 2.05) is 12.2 Å². The maximum atomic E-state index is 11.8. The molecule has 1 aromatic carbocycles. The van der Waals surface area contributed by atoms with Gasteiger partial charge in [-0.05, 0) is 18.6 Å². The Hall–Kier alpha value is -2.09. The van der Waals surface area contributed by atoms with Gasteiger partial charge in [0, 0.05) is 11.3 Å². The van der Waals surface area contributed by atoms with Crippen molar-refractivity contribution in [2.24, 2.45) is 0 Å². The number of imide groups is 1. The van der Waals surface area contributed by atoms with Crippen LogP contribution in [0.15, 0.2) is 24.3 Å². The van der Waals surface area contributed by atoms with Gasteiger partial charge in [0.05, 0.1) is 5.75 Å². The van der Waals surface area contributed by atoms with Crippen LogP contribution in [-0.4, -0.2) is 26.2 Å². The molecule has 2 rings (SSSR count). The molecule has 0 aliphatic carbocycles. The van der Waals surface area contributed by atoms with Crippen molar-refractivity contribution in [2.75, 3.05) is 10.5 Å². The van der Waals surface area contributed by atoms with E-state index >= 15 is 0 Å². The van der Waals surface area contributed by atoms with E-state index in [2.05, 4.69) is 4.72 Å². The van der Waals surface area contributed by atoms with Gasteiger partial charge in [-0.3, -0.25) is 14.8 Å². The minimum Gasteiger partial charge on any atom is -0.431 e. The molecule has 7 nitrogen and oxygen atoms in total. The van der Waals surface area contributed by atoms with Crippen molar-refractivity contribution in [3.05, 3.63) is 29.8 Å². The Balaban J connectivity index is 2.06.